The molecular weight excluding hydrogens is 352 g/mol. The van der Waals surface area contributed by atoms with E-state index >= 15 is 0 Å². The van der Waals surface area contributed by atoms with Crippen molar-refractivity contribution < 1.29 is 4.79 Å². The standard InChI is InChI=1S/C14H15BrN4OS/c1-3-11-10(7-19(2)18-11)14(20)17-12-5-4-8(15)6-9(12)13(16)21/h4-7H,3H2,1-2H3,(H2,16,21)(H,17,20). The van der Waals surface area contributed by atoms with Crippen molar-refractivity contribution in [1.29, 1.82) is 0 Å². The van der Waals surface area contributed by atoms with Crippen LogP contribution < -0.4 is 11.1 Å². The van der Waals surface area contributed by atoms with E-state index in [0.717, 1.165) is 10.2 Å². The molecule has 0 aliphatic rings. The fourth-order valence-corrected chi connectivity index (χ4v) is 2.53. The highest BCUT2D eigenvalue weighted by Gasteiger charge is 2.16. The molecule has 1 heterocycles. The monoisotopic (exact) mass is 366 g/mol. The molecule has 0 saturated heterocycles. The average molecular weight is 367 g/mol. The van der Waals surface area contributed by atoms with E-state index in [1.807, 2.05) is 13.0 Å². The zero-order valence-electron chi connectivity index (χ0n) is 11.7. The molecule has 0 radical (unpaired) electrons. The summed E-state index contributed by atoms with van der Waals surface area (Å²) in [6, 6.07) is 5.36. The number of halogens is 1. The van der Waals surface area contributed by atoms with Crippen LogP contribution in [0.25, 0.3) is 0 Å². The lowest BCUT2D eigenvalue weighted by Crippen LogP contribution is -2.18. The lowest BCUT2D eigenvalue weighted by molar-refractivity contribution is 0.102. The van der Waals surface area contributed by atoms with Crippen molar-refractivity contribution in [1.82, 2.24) is 9.78 Å². The first-order valence-electron chi connectivity index (χ1n) is 6.35. The summed E-state index contributed by atoms with van der Waals surface area (Å²) in [5.74, 6) is -0.222. The van der Waals surface area contributed by atoms with Crippen LogP contribution in [-0.4, -0.2) is 20.7 Å². The average Bonchev–Trinajstić information content (AvgIpc) is 2.81. The third kappa shape index (κ3) is 3.48. The van der Waals surface area contributed by atoms with Crippen molar-refractivity contribution in [3.05, 3.63) is 45.7 Å². The SMILES string of the molecule is CCc1nn(C)cc1C(=O)Nc1ccc(Br)cc1C(N)=S. The minimum Gasteiger partial charge on any atom is -0.389 e. The van der Waals surface area contributed by atoms with Crippen LogP contribution in [0.5, 0.6) is 0 Å². The van der Waals surface area contributed by atoms with Gasteiger partial charge in [0.1, 0.15) is 4.99 Å². The third-order valence-electron chi connectivity index (χ3n) is 2.98. The summed E-state index contributed by atoms with van der Waals surface area (Å²) in [6.45, 7) is 1.96. The van der Waals surface area contributed by atoms with Gasteiger partial charge in [0.15, 0.2) is 0 Å². The molecule has 1 amide bonds. The molecule has 3 N–H and O–H groups in total. The van der Waals surface area contributed by atoms with Gasteiger partial charge in [-0.25, -0.2) is 0 Å². The number of carbonyl (C=O) groups excluding carboxylic acids is 1. The molecule has 110 valence electrons. The molecule has 0 aliphatic heterocycles. The first-order valence-corrected chi connectivity index (χ1v) is 7.55. The molecule has 0 bridgehead atoms. The summed E-state index contributed by atoms with van der Waals surface area (Å²) < 4.78 is 2.48. The maximum Gasteiger partial charge on any atom is 0.259 e. The maximum absolute atomic E-state index is 12.4. The largest absolute Gasteiger partial charge is 0.389 e. The number of hydrogen-bond acceptors (Lipinski definition) is 3. The molecule has 0 unspecified atom stereocenters. The van der Waals surface area contributed by atoms with Crippen molar-refractivity contribution in [2.45, 2.75) is 13.3 Å². The summed E-state index contributed by atoms with van der Waals surface area (Å²) in [7, 11) is 1.79. The number of rotatable bonds is 4. The van der Waals surface area contributed by atoms with Gasteiger partial charge in [-0.3, -0.25) is 9.48 Å². The Bertz CT molecular complexity index is 711. The van der Waals surface area contributed by atoms with E-state index in [-0.39, 0.29) is 10.9 Å². The number of benzene rings is 1. The summed E-state index contributed by atoms with van der Waals surface area (Å²) in [6.07, 6.45) is 2.39. The lowest BCUT2D eigenvalue weighted by Gasteiger charge is -2.10. The van der Waals surface area contributed by atoms with Crippen molar-refractivity contribution in [3.8, 4) is 0 Å². The number of aromatic nitrogens is 2. The zero-order valence-corrected chi connectivity index (χ0v) is 14.1. The van der Waals surface area contributed by atoms with Gasteiger partial charge >= 0.3 is 0 Å². The van der Waals surface area contributed by atoms with E-state index in [2.05, 4.69) is 26.3 Å². The van der Waals surface area contributed by atoms with Gasteiger partial charge in [0.2, 0.25) is 0 Å². The Hall–Kier alpha value is -1.73. The fourth-order valence-electron chi connectivity index (χ4n) is 2.00. The summed E-state index contributed by atoms with van der Waals surface area (Å²) in [4.78, 5) is 12.6. The second kappa shape index (κ2) is 6.36. The summed E-state index contributed by atoms with van der Waals surface area (Å²) in [5, 5.41) is 7.10. The molecule has 2 rings (SSSR count). The fraction of sp³-hybridized carbons (Fsp3) is 0.214. The Kier molecular flexibility index (Phi) is 4.74. The number of nitrogens with two attached hydrogens (primary N) is 1. The normalized spacial score (nSPS) is 10.4. The Morgan fingerprint density at radius 1 is 1.48 bits per heavy atom. The van der Waals surface area contributed by atoms with Crippen molar-refractivity contribution >= 4 is 44.7 Å². The number of amides is 1. The lowest BCUT2D eigenvalue weighted by atomic mass is 10.1. The molecule has 0 saturated carbocycles. The maximum atomic E-state index is 12.4. The first-order chi connectivity index (χ1) is 9.92. The van der Waals surface area contributed by atoms with Gasteiger partial charge < -0.3 is 11.1 Å². The van der Waals surface area contributed by atoms with Crippen LogP contribution in [0.4, 0.5) is 5.69 Å². The minimum absolute atomic E-state index is 0.222. The highest BCUT2D eigenvalue weighted by atomic mass is 79.9. The van der Waals surface area contributed by atoms with Gasteiger partial charge in [0.25, 0.3) is 5.91 Å². The number of carbonyl (C=O) groups is 1. The van der Waals surface area contributed by atoms with Crippen LogP contribution in [0.3, 0.4) is 0 Å². The summed E-state index contributed by atoms with van der Waals surface area (Å²) in [5.41, 5.74) is 8.21. The van der Waals surface area contributed by atoms with Gasteiger partial charge in [-0.15, -0.1) is 0 Å². The summed E-state index contributed by atoms with van der Waals surface area (Å²) >= 11 is 8.38. The zero-order chi connectivity index (χ0) is 15.6. The van der Waals surface area contributed by atoms with E-state index in [0.29, 0.717) is 23.2 Å². The predicted octanol–water partition coefficient (Wildman–Crippen LogP) is 2.63. The molecular formula is C14H15BrN4OS. The molecule has 1 aromatic carbocycles. The van der Waals surface area contributed by atoms with Crippen molar-refractivity contribution in [2.75, 3.05) is 5.32 Å². The van der Waals surface area contributed by atoms with Crippen LogP contribution >= 0.6 is 28.1 Å². The highest BCUT2D eigenvalue weighted by Crippen LogP contribution is 2.22. The Balaban J connectivity index is 2.33. The van der Waals surface area contributed by atoms with Gasteiger partial charge in [-0.05, 0) is 24.6 Å². The molecule has 21 heavy (non-hydrogen) atoms. The van der Waals surface area contributed by atoms with Gasteiger partial charge in [0, 0.05) is 23.3 Å². The van der Waals surface area contributed by atoms with Crippen LogP contribution in [-0.2, 0) is 13.5 Å². The van der Waals surface area contributed by atoms with E-state index in [1.54, 1.807) is 30.1 Å². The second-order valence-corrected chi connectivity index (χ2v) is 5.88. The van der Waals surface area contributed by atoms with Crippen LogP contribution in [0.15, 0.2) is 28.9 Å². The molecule has 0 fully saturated rings. The van der Waals surface area contributed by atoms with E-state index in [4.69, 9.17) is 18.0 Å². The highest BCUT2D eigenvalue weighted by molar-refractivity contribution is 9.10. The molecule has 0 spiro atoms. The third-order valence-corrected chi connectivity index (χ3v) is 3.69. The number of thiocarbonyl (C=S) groups is 1. The molecule has 2 aromatic rings. The van der Waals surface area contributed by atoms with E-state index in [9.17, 15) is 4.79 Å². The Morgan fingerprint density at radius 3 is 2.81 bits per heavy atom. The van der Waals surface area contributed by atoms with Crippen LogP contribution in [0.1, 0.15) is 28.5 Å². The molecule has 0 aliphatic carbocycles. The topological polar surface area (TPSA) is 72.9 Å². The van der Waals surface area contributed by atoms with Gasteiger partial charge in [-0.1, -0.05) is 35.1 Å². The van der Waals surface area contributed by atoms with Crippen LogP contribution in [0.2, 0.25) is 0 Å². The van der Waals surface area contributed by atoms with Crippen LogP contribution in [0, 0.1) is 0 Å². The Labute approximate surface area is 136 Å². The van der Waals surface area contributed by atoms with Gasteiger partial charge in [0.05, 0.1) is 16.9 Å². The molecule has 5 nitrogen and oxygen atoms in total. The number of aryl methyl sites for hydroxylation is 2. The first kappa shape index (κ1) is 15.7. The van der Waals surface area contributed by atoms with E-state index in [1.165, 1.54) is 0 Å². The smallest absolute Gasteiger partial charge is 0.259 e. The quantitative estimate of drug-likeness (QED) is 0.815. The van der Waals surface area contributed by atoms with Crippen molar-refractivity contribution in [3.63, 3.8) is 0 Å². The molecule has 1 aromatic heterocycles. The Morgan fingerprint density at radius 2 is 2.19 bits per heavy atom. The van der Waals surface area contributed by atoms with Gasteiger partial charge in [-0.2, -0.15) is 5.10 Å². The minimum atomic E-state index is -0.222. The predicted molar refractivity (Wildman–Crippen MR) is 90.6 cm³/mol. The second-order valence-electron chi connectivity index (χ2n) is 4.52. The van der Waals surface area contributed by atoms with Crippen molar-refractivity contribution in [2.24, 2.45) is 12.8 Å². The van der Waals surface area contributed by atoms with E-state index < -0.39 is 0 Å². The number of nitrogens with one attached hydrogen (secondary N) is 1. The number of nitrogens with zero attached hydrogens (tertiary/aromatic N) is 2. The molecule has 0 atom stereocenters. The number of anilines is 1. The number of hydrogen-bond donors (Lipinski definition) is 2. The molecule has 7 heteroatoms.